The zero-order chi connectivity index (χ0) is 14.4. The molecule has 0 aliphatic rings. The molecule has 0 bridgehead atoms. The van der Waals surface area contributed by atoms with Crippen molar-refractivity contribution < 1.29 is 4.74 Å². The minimum atomic E-state index is 0.695. The molecule has 0 fully saturated rings. The summed E-state index contributed by atoms with van der Waals surface area (Å²) in [6.07, 6.45) is 4.64. The SMILES string of the molecule is CCOCCCNc1nccn1-c1ccc(Cl)c(Br)c1. The van der Waals surface area contributed by atoms with Crippen molar-refractivity contribution in [1.82, 2.24) is 9.55 Å². The van der Waals surface area contributed by atoms with Crippen LogP contribution in [0.4, 0.5) is 5.95 Å². The molecule has 20 heavy (non-hydrogen) atoms. The maximum atomic E-state index is 6.01. The lowest BCUT2D eigenvalue weighted by Gasteiger charge is -2.10. The standard InChI is InChI=1S/C14H17BrClN3O/c1-2-20-9-3-6-17-14-18-7-8-19(14)11-4-5-13(16)12(15)10-11/h4-5,7-8,10H,2-3,6,9H2,1H3,(H,17,18). The molecule has 0 aliphatic carbocycles. The Kier molecular flexibility index (Phi) is 5.88. The lowest BCUT2D eigenvalue weighted by atomic mass is 10.3. The summed E-state index contributed by atoms with van der Waals surface area (Å²) < 4.78 is 8.16. The van der Waals surface area contributed by atoms with E-state index >= 15 is 0 Å². The maximum absolute atomic E-state index is 6.01. The van der Waals surface area contributed by atoms with Crippen molar-refractivity contribution in [3.8, 4) is 5.69 Å². The largest absolute Gasteiger partial charge is 0.382 e. The lowest BCUT2D eigenvalue weighted by Crippen LogP contribution is -2.09. The summed E-state index contributed by atoms with van der Waals surface area (Å²) in [5.74, 6) is 0.815. The molecule has 2 aromatic rings. The van der Waals surface area contributed by atoms with Crippen molar-refractivity contribution in [2.75, 3.05) is 25.1 Å². The van der Waals surface area contributed by atoms with Gasteiger partial charge in [0.05, 0.1) is 5.02 Å². The van der Waals surface area contributed by atoms with Crippen LogP contribution in [0.15, 0.2) is 35.1 Å². The molecule has 0 amide bonds. The molecule has 1 aromatic heterocycles. The molecule has 0 spiro atoms. The summed E-state index contributed by atoms with van der Waals surface area (Å²) in [6, 6.07) is 5.79. The maximum Gasteiger partial charge on any atom is 0.207 e. The van der Waals surface area contributed by atoms with E-state index < -0.39 is 0 Å². The van der Waals surface area contributed by atoms with Crippen molar-refractivity contribution in [3.05, 3.63) is 40.1 Å². The van der Waals surface area contributed by atoms with Gasteiger partial charge in [-0.25, -0.2) is 4.98 Å². The number of nitrogens with zero attached hydrogens (tertiary/aromatic N) is 2. The van der Waals surface area contributed by atoms with Crippen molar-refractivity contribution in [2.45, 2.75) is 13.3 Å². The summed E-state index contributed by atoms with van der Waals surface area (Å²) in [6.45, 7) is 4.34. The van der Waals surface area contributed by atoms with Gasteiger partial charge >= 0.3 is 0 Å². The molecule has 0 aliphatic heterocycles. The highest BCUT2D eigenvalue weighted by atomic mass is 79.9. The highest BCUT2D eigenvalue weighted by Crippen LogP contribution is 2.26. The zero-order valence-electron chi connectivity index (χ0n) is 11.3. The first-order chi connectivity index (χ1) is 9.72. The van der Waals surface area contributed by atoms with E-state index in [1.807, 2.05) is 35.9 Å². The number of aromatic nitrogens is 2. The van der Waals surface area contributed by atoms with Crippen LogP contribution in [0.25, 0.3) is 5.69 Å². The fourth-order valence-electron chi connectivity index (χ4n) is 1.80. The van der Waals surface area contributed by atoms with Gasteiger partial charge in [0, 0.05) is 42.3 Å². The van der Waals surface area contributed by atoms with Crippen molar-refractivity contribution in [3.63, 3.8) is 0 Å². The third kappa shape index (κ3) is 3.98. The number of anilines is 1. The third-order valence-electron chi connectivity index (χ3n) is 2.77. The fourth-order valence-corrected chi connectivity index (χ4v) is 2.28. The predicted octanol–water partition coefficient (Wildman–Crippen LogP) is 4.13. The molecule has 0 saturated heterocycles. The van der Waals surface area contributed by atoms with E-state index in [1.165, 1.54) is 0 Å². The van der Waals surface area contributed by atoms with E-state index in [4.69, 9.17) is 16.3 Å². The fraction of sp³-hybridized carbons (Fsp3) is 0.357. The summed E-state index contributed by atoms with van der Waals surface area (Å²) in [5.41, 5.74) is 1.01. The summed E-state index contributed by atoms with van der Waals surface area (Å²) in [7, 11) is 0. The Morgan fingerprint density at radius 2 is 2.30 bits per heavy atom. The molecular formula is C14H17BrClN3O. The summed E-state index contributed by atoms with van der Waals surface area (Å²) in [5, 5.41) is 4.00. The monoisotopic (exact) mass is 357 g/mol. The second-order valence-electron chi connectivity index (χ2n) is 4.20. The first-order valence-corrected chi connectivity index (χ1v) is 7.70. The van der Waals surface area contributed by atoms with Crippen LogP contribution < -0.4 is 5.32 Å². The zero-order valence-corrected chi connectivity index (χ0v) is 13.6. The number of hydrogen-bond donors (Lipinski definition) is 1. The molecule has 2 rings (SSSR count). The Morgan fingerprint density at radius 3 is 3.05 bits per heavy atom. The summed E-state index contributed by atoms with van der Waals surface area (Å²) >= 11 is 9.45. The Balaban J connectivity index is 2.02. The van der Waals surface area contributed by atoms with Crippen LogP contribution in [0.1, 0.15) is 13.3 Å². The molecule has 1 N–H and O–H groups in total. The average molecular weight is 359 g/mol. The predicted molar refractivity (Wildman–Crippen MR) is 85.9 cm³/mol. The molecule has 0 radical (unpaired) electrons. The molecule has 6 heteroatoms. The van der Waals surface area contributed by atoms with Crippen LogP contribution in [0.2, 0.25) is 5.02 Å². The van der Waals surface area contributed by atoms with Crippen LogP contribution >= 0.6 is 27.5 Å². The van der Waals surface area contributed by atoms with Gasteiger partial charge in [0.2, 0.25) is 5.95 Å². The van der Waals surface area contributed by atoms with E-state index in [0.717, 1.165) is 42.3 Å². The average Bonchev–Trinajstić information content (AvgIpc) is 2.90. The molecule has 108 valence electrons. The second kappa shape index (κ2) is 7.67. The molecule has 4 nitrogen and oxygen atoms in total. The van der Waals surface area contributed by atoms with Crippen LogP contribution in [-0.4, -0.2) is 29.3 Å². The van der Waals surface area contributed by atoms with E-state index in [0.29, 0.717) is 5.02 Å². The van der Waals surface area contributed by atoms with E-state index in [-0.39, 0.29) is 0 Å². The van der Waals surface area contributed by atoms with Crippen molar-refractivity contribution >= 4 is 33.5 Å². The molecule has 0 saturated carbocycles. The molecule has 1 heterocycles. The Hall–Kier alpha value is -1.04. The number of imidazole rings is 1. The van der Waals surface area contributed by atoms with Gasteiger partial charge < -0.3 is 10.1 Å². The van der Waals surface area contributed by atoms with Gasteiger partial charge in [-0.3, -0.25) is 4.57 Å². The molecule has 1 aromatic carbocycles. The van der Waals surface area contributed by atoms with E-state index in [2.05, 4.69) is 26.2 Å². The number of benzene rings is 1. The smallest absolute Gasteiger partial charge is 0.207 e. The minimum absolute atomic E-state index is 0.695. The van der Waals surface area contributed by atoms with Crippen LogP contribution in [-0.2, 0) is 4.74 Å². The van der Waals surface area contributed by atoms with Gasteiger partial charge in [0.15, 0.2) is 0 Å². The van der Waals surface area contributed by atoms with Gasteiger partial charge in [0.1, 0.15) is 0 Å². The first-order valence-electron chi connectivity index (χ1n) is 6.52. The van der Waals surface area contributed by atoms with E-state index in [1.54, 1.807) is 6.20 Å². The highest BCUT2D eigenvalue weighted by Gasteiger charge is 2.06. The van der Waals surface area contributed by atoms with Crippen molar-refractivity contribution in [1.29, 1.82) is 0 Å². The van der Waals surface area contributed by atoms with Gasteiger partial charge in [-0.15, -0.1) is 0 Å². The third-order valence-corrected chi connectivity index (χ3v) is 3.99. The highest BCUT2D eigenvalue weighted by molar-refractivity contribution is 9.10. The summed E-state index contributed by atoms with van der Waals surface area (Å²) in [4.78, 5) is 4.33. The number of ether oxygens (including phenoxy) is 1. The number of hydrogen-bond acceptors (Lipinski definition) is 3. The Bertz CT molecular complexity index is 559. The number of nitrogens with one attached hydrogen (secondary N) is 1. The van der Waals surface area contributed by atoms with Crippen LogP contribution in [0.3, 0.4) is 0 Å². The lowest BCUT2D eigenvalue weighted by molar-refractivity contribution is 0.147. The number of rotatable bonds is 7. The van der Waals surface area contributed by atoms with Crippen LogP contribution in [0.5, 0.6) is 0 Å². The normalized spacial score (nSPS) is 10.8. The molecule has 0 atom stereocenters. The topological polar surface area (TPSA) is 39.1 Å². The minimum Gasteiger partial charge on any atom is -0.382 e. The first kappa shape index (κ1) is 15.4. The van der Waals surface area contributed by atoms with Gasteiger partial charge in [-0.1, -0.05) is 11.6 Å². The van der Waals surface area contributed by atoms with Crippen LogP contribution in [0, 0.1) is 0 Å². The van der Waals surface area contributed by atoms with Gasteiger partial charge in [0.25, 0.3) is 0 Å². The van der Waals surface area contributed by atoms with Crippen molar-refractivity contribution in [2.24, 2.45) is 0 Å². The quantitative estimate of drug-likeness (QED) is 0.757. The Morgan fingerprint density at radius 1 is 1.45 bits per heavy atom. The molecular weight excluding hydrogens is 342 g/mol. The number of halogens is 2. The second-order valence-corrected chi connectivity index (χ2v) is 5.46. The van der Waals surface area contributed by atoms with E-state index in [9.17, 15) is 0 Å². The molecule has 0 unspecified atom stereocenters. The van der Waals surface area contributed by atoms with Gasteiger partial charge in [-0.05, 0) is 47.5 Å². The van der Waals surface area contributed by atoms with Gasteiger partial charge in [-0.2, -0.15) is 0 Å². The Labute approximate surface area is 132 Å².